The van der Waals surface area contributed by atoms with Crippen LogP contribution < -0.4 is 15.0 Å². The predicted octanol–water partition coefficient (Wildman–Crippen LogP) is 2.07. The number of pyridine rings is 1. The standard InChI is InChI=1S/C21H22N4O4/c26-19(24-10-2-1-3-11-24)13-25-17-12-16(4-5-18(17)29-14-20(25)27)23-21(28)15-6-8-22-9-7-15/h4-9,12H,1-3,10-11,13-14H2,(H,23,28). The molecule has 0 atom stereocenters. The van der Waals surface area contributed by atoms with Crippen molar-refractivity contribution in [2.24, 2.45) is 0 Å². The third kappa shape index (κ3) is 4.21. The van der Waals surface area contributed by atoms with E-state index in [1.807, 2.05) is 0 Å². The smallest absolute Gasteiger partial charge is 0.265 e. The molecule has 150 valence electrons. The summed E-state index contributed by atoms with van der Waals surface area (Å²) in [7, 11) is 0. The van der Waals surface area contributed by atoms with Crippen LogP contribution in [-0.4, -0.2) is 53.8 Å². The fraction of sp³-hybridized carbons (Fsp3) is 0.333. The van der Waals surface area contributed by atoms with Crippen molar-refractivity contribution in [3.8, 4) is 5.75 Å². The molecule has 1 N–H and O–H groups in total. The van der Waals surface area contributed by atoms with Gasteiger partial charge in [0, 0.05) is 36.7 Å². The van der Waals surface area contributed by atoms with Gasteiger partial charge in [-0.1, -0.05) is 0 Å². The molecule has 8 nitrogen and oxygen atoms in total. The number of benzene rings is 1. The fourth-order valence-corrected chi connectivity index (χ4v) is 3.54. The lowest BCUT2D eigenvalue weighted by Crippen LogP contribution is -2.47. The van der Waals surface area contributed by atoms with Crippen LogP contribution in [-0.2, 0) is 9.59 Å². The number of hydrogen-bond donors (Lipinski definition) is 1. The minimum atomic E-state index is -0.286. The van der Waals surface area contributed by atoms with Gasteiger partial charge in [0.2, 0.25) is 5.91 Å². The van der Waals surface area contributed by atoms with Crippen molar-refractivity contribution < 1.29 is 19.1 Å². The topological polar surface area (TPSA) is 91.8 Å². The van der Waals surface area contributed by atoms with E-state index in [9.17, 15) is 14.4 Å². The number of amides is 3. The molecule has 8 heteroatoms. The van der Waals surface area contributed by atoms with E-state index >= 15 is 0 Å². The van der Waals surface area contributed by atoms with Crippen molar-refractivity contribution >= 4 is 29.1 Å². The second-order valence-electron chi connectivity index (χ2n) is 7.08. The van der Waals surface area contributed by atoms with E-state index in [4.69, 9.17) is 4.74 Å². The van der Waals surface area contributed by atoms with E-state index in [-0.39, 0.29) is 30.9 Å². The molecule has 0 saturated carbocycles. The number of hydrogen-bond acceptors (Lipinski definition) is 5. The summed E-state index contributed by atoms with van der Waals surface area (Å²) in [5, 5.41) is 2.80. The van der Waals surface area contributed by atoms with Crippen molar-refractivity contribution in [3.05, 3.63) is 48.3 Å². The van der Waals surface area contributed by atoms with E-state index in [2.05, 4.69) is 10.3 Å². The molecule has 1 fully saturated rings. The molecule has 2 aliphatic rings. The second-order valence-corrected chi connectivity index (χ2v) is 7.08. The molecule has 0 unspecified atom stereocenters. The molecule has 1 aromatic heterocycles. The summed E-state index contributed by atoms with van der Waals surface area (Å²) < 4.78 is 5.50. The Balaban J connectivity index is 1.53. The third-order valence-electron chi connectivity index (χ3n) is 5.10. The van der Waals surface area contributed by atoms with Crippen LogP contribution in [0.15, 0.2) is 42.7 Å². The van der Waals surface area contributed by atoms with Gasteiger partial charge < -0.3 is 15.0 Å². The number of ether oxygens (including phenoxy) is 1. The molecular formula is C21H22N4O4. The Bertz CT molecular complexity index is 926. The first-order valence-electron chi connectivity index (χ1n) is 9.68. The molecule has 0 bridgehead atoms. The van der Waals surface area contributed by atoms with Crippen LogP contribution >= 0.6 is 0 Å². The van der Waals surface area contributed by atoms with Gasteiger partial charge in [0.1, 0.15) is 12.3 Å². The number of anilines is 2. The maximum atomic E-state index is 12.7. The largest absolute Gasteiger partial charge is 0.482 e. The molecule has 2 aliphatic heterocycles. The average Bonchev–Trinajstić information content (AvgIpc) is 2.77. The molecule has 1 saturated heterocycles. The van der Waals surface area contributed by atoms with Crippen LogP contribution in [0.25, 0.3) is 0 Å². The Morgan fingerprint density at radius 1 is 1.07 bits per heavy atom. The van der Waals surface area contributed by atoms with Crippen molar-refractivity contribution in [3.63, 3.8) is 0 Å². The zero-order chi connectivity index (χ0) is 20.2. The Kier molecular flexibility index (Phi) is 5.41. The summed E-state index contributed by atoms with van der Waals surface area (Å²) in [6.45, 7) is 1.32. The number of rotatable bonds is 4. The van der Waals surface area contributed by atoms with Gasteiger partial charge in [-0.15, -0.1) is 0 Å². The highest BCUT2D eigenvalue weighted by molar-refractivity contribution is 6.06. The highest BCUT2D eigenvalue weighted by Crippen LogP contribution is 2.34. The average molecular weight is 394 g/mol. The van der Waals surface area contributed by atoms with Crippen molar-refractivity contribution in [1.29, 1.82) is 0 Å². The van der Waals surface area contributed by atoms with E-state index in [1.165, 1.54) is 4.90 Å². The highest BCUT2D eigenvalue weighted by Gasteiger charge is 2.29. The Morgan fingerprint density at radius 3 is 2.59 bits per heavy atom. The van der Waals surface area contributed by atoms with Gasteiger partial charge in [-0.3, -0.25) is 24.3 Å². The van der Waals surface area contributed by atoms with Crippen molar-refractivity contribution in [2.75, 3.05) is 36.5 Å². The van der Waals surface area contributed by atoms with Crippen LogP contribution in [0.1, 0.15) is 29.6 Å². The van der Waals surface area contributed by atoms with Crippen molar-refractivity contribution in [2.45, 2.75) is 19.3 Å². The van der Waals surface area contributed by atoms with E-state index in [0.29, 0.717) is 22.7 Å². The SMILES string of the molecule is O=C(Nc1ccc2c(c1)N(CC(=O)N1CCCCC1)C(=O)CO2)c1ccncc1. The Hall–Kier alpha value is -3.42. The Labute approximate surface area is 168 Å². The van der Waals surface area contributed by atoms with E-state index < -0.39 is 0 Å². The first-order chi connectivity index (χ1) is 14.1. The number of carbonyl (C=O) groups excluding carboxylic acids is 3. The molecule has 3 heterocycles. The summed E-state index contributed by atoms with van der Waals surface area (Å²) in [4.78, 5) is 44.7. The Morgan fingerprint density at radius 2 is 1.83 bits per heavy atom. The molecule has 3 amide bonds. The number of fused-ring (bicyclic) bond motifs is 1. The number of piperidine rings is 1. The highest BCUT2D eigenvalue weighted by atomic mass is 16.5. The lowest BCUT2D eigenvalue weighted by atomic mass is 10.1. The van der Waals surface area contributed by atoms with Gasteiger partial charge in [-0.25, -0.2) is 0 Å². The zero-order valence-corrected chi connectivity index (χ0v) is 16.0. The molecule has 1 aromatic carbocycles. The molecule has 0 radical (unpaired) electrons. The minimum absolute atomic E-state index is 0.0308. The molecule has 0 aliphatic carbocycles. The van der Waals surface area contributed by atoms with E-state index in [0.717, 1.165) is 32.4 Å². The molecular weight excluding hydrogens is 372 g/mol. The van der Waals surface area contributed by atoms with Crippen LogP contribution in [0.4, 0.5) is 11.4 Å². The van der Waals surface area contributed by atoms with Gasteiger partial charge in [0.25, 0.3) is 11.8 Å². The van der Waals surface area contributed by atoms with Crippen LogP contribution in [0.5, 0.6) is 5.75 Å². The molecule has 4 rings (SSSR count). The molecule has 29 heavy (non-hydrogen) atoms. The monoisotopic (exact) mass is 394 g/mol. The normalized spacial score (nSPS) is 16.1. The van der Waals surface area contributed by atoms with Crippen LogP contribution in [0.3, 0.4) is 0 Å². The quantitative estimate of drug-likeness (QED) is 0.857. The third-order valence-corrected chi connectivity index (χ3v) is 5.10. The summed E-state index contributed by atoms with van der Waals surface area (Å²) in [5.74, 6) is -0.123. The van der Waals surface area contributed by atoms with Gasteiger partial charge in [-0.05, 0) is 49.6 Å². The summed E-state index contributed by atoms with van der Waals surface area (Å²) >= 11 is 0. The number of nitrogens with one attached hydrogen (secondary N) is 1. The zero-order valence-electron chi connectivity index (χ0n) is 16.0. The number of likely N-dealkylation sites (tertiary alicyclic amines) is 1. The first-order valence-corrected chi connectivity index (χ1v) is 9.68. The van der Waals surface area contributed by atoms with Crippen molar-refractivity contribution in [1.82, 2.24) is 9.88 Å². The predicted molar refractivity (Wildman–Crippen MR) is 107 cm³/mol. The maximum absolute atomic E-state index is 12.7. The first kappa shape index (κ1) is 18.9. The lowest BCUT2D eigenvalue weighted by molar-refractivity contribution is -0.132. The summed E-state index contributed by atoms with van der Waals surface area (Å²) in [6.07, 6.45) is 6.20. The van der Waals surface area contributed by atoms with Gasteiger partial charge in [0.15, 0.2) is 6.61 Å². The maximum Gasteiger partial charge on any atom is 0.265 e. The number of nitrogens with zero attached hydrogens (tertiary/aromatic N) is 3. The number of carbonyl (C=O) groups is 3. The molecule has 2 aromatic rings. The minimum Gasteiger partial charge on any atom is -0.482 e. The van der Waals surface area contributed by atoms with Crippen LogP contribution in [0, 0.1) is 0 Å². The number of aromatic nitrogens is 1. The fourth-order valence-electron chi connectivity index (χ4n) is 3.54. The van der Waals surface area contributed by atoms with Gasteiger partial charge in [0.05, 0.1) is 5.69 Å². The second kappa shape index (κ2) is 8.30. The summed E-state index contributed by atoms with van der Waals surface area (Å²) in [5.41, 5.74) is 1.47. The molecule has 0 spiro atoms. The summed E-state index contributed by atoms with van der Waals surface area (Å²) in [6, 6.07) is 8.30. The van der Waals surface area contributed by atoms with Crippen LogP contribution in [0.2, 0.25) is 0 Å². The van der Waals surface area contributed by atoms with Gasteiger partial charge >= 0.3 is 0 Å². The lowest BCUT2D eigenvalue weighted by Gasteiger charge is -2.33. The van der Waals surface area contributed by atoms with E-state index in [1.54, 1.807) is 47.6 Å². The van der Waals surface area contributed by atoms with Gasteiger partial charge in [-0.2, -0.15) is 0 Å².